The number of nitrogens with one attached hydrogen (secondary N) is 1. The van der Waals surface area contributed by atoms with E-state index in [1.807, 2.05) is 61.5 Å². The molecule has 1 heterocycles. The molecular weight excluding hydrogens is 517 g/mol. The van der Waals surface area contributed by atoms with Crippen LogP contribution in [0.1, 0.15) is 23.6 Å². The number of benzene rings is 3. The summed E-state index contributed by atoms with van der Waals surface area (Å²) in [6.07, 6.45) is 0. The van der Waals surface area contributed by atoms with E-state index in [2.05, 4.69) is 21.2 Å². The van der Waals surface area contributed by atoms with E-state index in [0.29, 0.717) is 42.8 Å². The van der Waals surface area contributed by atoms with Crippen LogP contribution in [-0.2, 0) is 19.7 Å². The molecule has 0 atom stereocenters. The zero-order valence-electron chi connectivity index (χ0n) is 17.5. The Morgan fingerprint density at radius 2 is 1.62 bits per heavy atom. The Kier molecular flexibility index (Phi) is 8.93. The number of rotatable bonds is 9. The third-order valence-corrected chi connectivity index (χ3v) is 5.60. The Morgan fingerprint density at radius 1 is 0.906 bits per heavy atom. The van der Waals surface area contributed by atoms with Crippen LogP contribution in [0, 0.1) is 0 Å². The minimum atomic E-state index is 0. The SMILES string of the molecule is CCOc1cc(CNCc2ccc3c(c2)OCO3)cc(Br)c1OCc1ccc(Cl)cc1.Cl. The molecule has 1 aliphatic heterocycles. The predicted molar refractivity (Wildman–Crippen MR) is 131 cm³/mol. The topological polar surface area (TPSA) is 49.0 Å². The van der Waals surface area contributed by atoms with Crippen LogP contribution in [0.4, 0.5) is 0 Å². The number of ether oxygens (including phenoxy) is 4. The maximum atomic E-state index is 6.06. The summed E-state index contributed by atoms with van der Waals surface area (Å²) in [5.74, 6) is 2.99. The first-order chi connectivity index (χ1) is 15.1. The average Bonchev–Trinajstić information content (AvgIpc) is 3.23. The van der Waals surface area contributed by atoms with E-state index in [-0.39, 0.29) is 19.2 Å². The van der Waals surface area contributed by atoms with Crippen LogP contribution in [0.25, 0.3) is 0 Å². The summed E-state index contributed by atoms with van der Waals surface area (Å²) in [6, 6.07) is 17.7. The monoisotopic (exact) mass is 539 g/mol. The summed E-state index contributed by atoms with van der Waals surface area (Å²) in [4.78, 5) is 0. The van der Waals surface area contributed by atoms with E-state index in [9.17, 15) is 0 Å². The molecule has 1 aliphatic rings. The van der Waals surface area contributed by atoms with E-state index in [1.165, 1.54) is 0 Å². The highest BCUT2D eigenvalue weighted by molar-refractivity contribution is 9.10. The van der Waals surface area contributed by atoms with Crippen molar-refractivity contribution in [3.05, 3.63) is 80.8 Å². The lowest BCUT2D eigenvalue weighted by Gasteiger charge is -2.16. The Labute approximate surface area is 207 Å². The van der Waals surface area contributed by atoms with Crippen LogP contribution >= 0.6 is 39.9 Å². The lowest BCUT2D eigenvalue weighted by molar-refractivity contribution is 0.174. The van der Waals surface area contributed by atoms with Gasteiger partial charge < -0.3 is 24.3 Å². The molecule has 0 unspecified atom stereocenters. The van der Waals surface area contributed by atoms with Crippen LogP contribution in [0.5, 0.6) is 23.0 Å². The van der Waals surface area contributed by atoms with Gasteiger partial charge in [0.1, 0.15) is 6.61 Å². The minimum absolute atomic E-state index is 0. The van der Waals surface area contributed by atoms with Gasteiger partial charge in [0.25, 0.3) is 0 Å². The molecular formula is C24H24BrCl2NO4. The van der Waals surface area contributed by atoms with Gasteiger partial charge >= 0.3 is 0 Å². The van der Waals surface area contributed by atoms with Gasteiger partial charge in [-0.25, -0.2) is 0 Å². The molecule has 3 aromatic rings. The van der Waals surface area contributed by atoms with E-state index in [0.717, 1.165) is 32.7 Å². The van der Waals surface area contributed by atoms with Crippen LogP contribution in [0.2, 0.25) is 5.02 Å². The smallest absolute Gasteiger partial charge is 0.231 e. The van der Waals surface area contributed by atoms with Crippen molar-refractivity contribution >= 4 is 39.9 Å². The molecule has 0 amide bonds. The summed E-state index contributed by atoms with van der Waals surface area (Å²) in [5, 5.41) is 4.17. The average molecular weight is 541 g/mol. The molecule has 0 bridgehead atoms. The molecule has 8 heteroatoms. The third-order valence-electron chi connectivity index (χ3n) is 4.76. The summed E-state index contributed by atoms with van der Waals surface area (Å²) in [7, 11) is 0. The first kappa shape index (κ1) is 24.5. The molecule has 32 heavy (non-hydrogen) atoms. The first-order valence-corrected chi connectivity index (χ1v) is 11.2. The second-order valence-electron chi connectivity index (χ2n) is 7.04. The van der Waals surface area contributed by atoms with Crippen LogP contribution in [-0.4, -0.2) is 13.4 Å². The predicted octanol–water partition coefficient (Wildman–Crippen LogP) is 6.52. The zero-order valence-corrected chi connectivity index (χ0v) is 20.7. The quantitative estimate of drug-likeness (QED) is 0.335. The van der Waals surface area contributed by atoms with Crippen LogP contribution in [0.15, 0.2) is 59.1 Å². The maximum Gasteiger partial charge on any atom is 0.231 e. The molecule has 0 aromatic heterocycles. The van der Waals surface area contributed by atoms with Crippen LogP contribution in [0.3, 0.4) is 0 Å². The summed E-state index contributed by atoms with van der Waals surface area (Å²) in [6.45, 7) is 4.63. The van der Waals surface area contributed by atoms with Crippen molar-refractivity contribution in [2.45, 2.75) is 26.6 Å². The molecule has 5 nitrogen and oxygen atoms in total. The zero-order chi connectivity index (χ0) is 21.6. The van der Waals surface area contributed by atoms with Crippen molar-refractivity contribution in [1.82, 2.24) is 5.32 Å². The van der Waals surface area contributed by atoms with Crippen LogP contribution < -0.4 is 24.3 Å². The largest absolute Gasteiger partial charge is 0.490 e. The normalized spacial score (nSPS) is 11.7. The molecule has 170 valence electrons. The van der Waals surface area contributed by atoms with Gasteiger partial charge in [-0.05, 0) is 75.9 Å². The lowest BCUT2D eigenvalue weighted by Crippen LogP contribution is -2.13. The van der Waals surface area contributed by atoms with Crippen molar-refractivity contribution in [2.75, 3.05) is 13.4 Å². The molecule has 0 spiro atoms. The second-order valence-corrected chi connectivity index (χ2v) is 8.33. The maximum absolute atomic E-state index is 6.06. The van der Waals surface area contributed by atoms with Gasteiger partial charge in [0.2, 0.25) is 6.79 Å². The molecule has 1 N–H and O–H groups in total. The molecule has 0 aliphatic carbocycles. The number of halogens is 3. The summed E-state index contributed by atoms with van der Waals surface area (Å²) in [5.41, 5.74) is 3.26. The van der Waals surface area contributed by atoms with Gasteiger partial charge in [-0.2, -0.15) is 0 Å². The van der Waals surface area contributed by atoms with E-state index in [1.54, 1.807) is 0 Å². The highest BCUT2D eigenvalue weighted by atomic mass is 79.9. The summed E-state index contributed by atoms with van der Waals surface area (Å²) >= 11 is 9.60. The Morgan fingerprint density at radius 3 is 2.41 bits per heavy atom. The van der Waals surface area contributed by atoms with Gasteiger partial charge in [-0.3, -0.25) is 0 Å². The van der Waals surface area contributed by atoms with Gasteiger partial charge in [0.05, 0.1) is 11.1 Å². The molecule has 3 aromatic carbocycles. The highest BCUT2D eigenvalue weighted by Crippen LogP contribution is 2.38. The number of hydrogen-bond donors (Lipinski definition) is 1. The molecule has 4 rings (SSSR count). The Hall–Kier alpha value is -2.12. The fourth-order valence-electron chi connectivity index (χ4n) is 3.26. The first-order valence-electron chi connectivity index (χ1n) is 10.0. The van der Waals surface area contributed by atoms with Crippen molar-refractivity contribution in [2.24, 2.45) is 0 Å². The minimum Gasteiger partial charge on any atom is -0.490 e. The summed E-state index contributed by atoms with van der Waals surface area (Å²) < 4.78 is 23.6. The number of hydrogen-bond acceptors (Lipinski definition) is 5. The molecule has 0 fully saturated rings. The standard InChI is InChI=1S/C24H23BrClNO4.ClH/c1-2-28-23-11-18(13-27-12-17-5-8-21-22(10-17)31-15-30-21)9-20(25)24(23)29-14-16-3-6-19(26)7-4-16;/h3-11,27H,2,12-15H2,1H3;1H. The van der Waals surface area contributed by atoms with Crippen molar-refractivity contribution in [3.8, 4) is 23.0 Å². The van der Waals surface area contributed by atoms with Crippen molar-refractivity contribution < 1.29 is 18.9 Å². The highest BCUT2D eigenvalue weighted by Gasteiger charge is 2.14. The Bertz CT molecular complexity index is 1050. The van der Waals surface area contributed by atoms with E-state index >= 15 is 0 Å². The van der Waals surface area contributed by atoms with Gasteiger partial charge in [-0.1, -0.05) is 29.8 Å². The molecule has 0 radical (unpaired) electrons. The van der Waals surface area contributed by atoms with Gasteiger partial charge in [0, 0.05) is 18.1 Å². The lowest BCUT2D eigenvalue weighted by atomic mass is 10.1. The van der Waals surface area contributed by atoms with E-state index in [4.69, 9.17) is 30.5 Å². The fourth-order valence-corrected chi connectivity index (χ4v) is 3.99. The van der Waals surface area contributed by atoms with Crippen molar-refractivity contribution in [3.63, 3.8) is 0 Å². The fraction of sp³-hybridized carbons (Fsp3) is 0.250. The van der Waals surface area contributed by atoms with Gasteiger partial charge in [0.15, 0.2) is 23.0 Å². The number of fused-ring (bicyclic) bond motifs is 1. The Balaban J connectivity index is 0.00000289. The van der Waals surface area contributed by atoms with Crippen molar-refractivity contribution in [1.29, 1.82) is 0 Å². The third kappa shape index (κ3) is 6.23. The molecule has 0 saturated carbocycles. The van der Waals surface area contributed by atoms with E-state index < -0.39 is 0 Å². The van der Waals surface area contributed by atoms with Gasteiger partial charge in [-0.15, -0.1) is 12.4 Å². The molecule has 0 saturated heterocycles. The second kappa shape index (κ2) is 11.7.